The van der Waals surface area contributed by atoms with Gasteiger partial charge in [0.15, 0.2) is 5.13 Å². The van der Waals surface area contributed by atoms with E-state index in [-0.39, 0.29) is 35.3 Å². The molecule has 0 aliphatic carbocycles. The molecule has 7 nitrogen and oxygen atoms in total. The molecular weight excluding hydrogens is 409 g/mol. The molecule has 3 rings (SSSR count). The average molecular weight is 430 g/mol. The summed E-state index contributed by atoms with van der Waals surface area (Å²) in [5.74, 6) is -0.849. The highest BCUT2D eigenvalue weighted by Crippen LogP contribution is 2.32. The first-order valence-corrected chi connectivity index (χ1v) is 9.94. The fraction of sp³-hybridized carbons (Fsp3) is 0.500. The highest BCUT2D eigenvalue weighted by molar-refractivity contribution is 7.22. The highest BCUT2D eigenvalue weighted by atomic mass is 32.1. The molecule has 1 aliphatic heterocycles. The molecule has 1 aromatic carbocycles. The number of halogens is 3. The maximum Gasteiger partial charge on any atom is 0.573 e. The predicted octanol–water partition coefficient (Wildman–Crippen LogP) is 3.12. The topological polar surface area (TPSA) is 83.6 Å². The van der Waals surface area contributed by atoms with Gasteiger partial charge in [-0.1, -0.05) is 25.2 Å². The molecule has 0 spiro atoms. The van der Waals surface area contributed by atoms with Crippen LogP contribution in [0.1, 0.15) is 26.7 Å². The summed E-state index contributed by atoms with van der Waals surface area (Å²) in [7, 11) is 0. The van der Waals surface area contributed by atoms with E-state index in [1.54, 1.807) is 4.90 Å². The first kappa shape index (κ1) is 21.3. The molecule has 0 radical (unpaired) electrons. The number of carbonyl (C=O) groups excluding carboxylic acids is 2. The molecule has 0 bridgehead atoms. The summed E-state index contributed by atoms with van der Waals surface area (Å²) in [6, 6.07) is 3.35. The zero-order chi connectivity index (χ0) is 21.2. The van der Waals surface area contributed by atoms with Crippen LogP contribution in [0, 0.1) is 0 Å². The van der Waals surface area contributed by atoms with Crippen molar-refractivity contribution in [2.45, 2.75) is 45.1 Å². The van der Waals surface area contributed by atoms with Gasteiger partial charge in [0.25, 0.3) is 0 Å². The average Bonchev–Trinajstić information content (AvgIpc) is 3.24. The molecule has 1 aromatic heterocycles. The number of likely N-dealkylation sites (tertiary alicyclic amines) is 1. The summed E-state index contributed by atoms with van der Waals surface area (Å²) in [5.41, 5.74) is 0.445. The molecule has 29 heavy (non-hydrogen) atoms. The number of anilines is 1. The molecule has 2 heterocycles. The summed E-state index contributed by atoms with van der Waals surface area (Å²) in [6.07, 6.45) is -3.50. The van der Waals surface area contributed by atoms with E-state index in [0.717, 1.165) is 17.8 Å². The van der Waals surface area contributed by atoms with Gasteiger partial charge in [0.2, 0.25) is 11.8 Å². The Morgan fingerprint density at radius 2 is 2.14 bits per heavy atom. The molecule has 11 heteroatoms. The van der Waals surface area contributed by atoms with Crippen LogP contribution in [0.4, 0.5) is 18.3 Å². The van der Waals surface area contributed by atoms with E-state index in [9.17, 15) is 22.8 Å². The van der Waals surface area contributed by atoms with Crippen LogP contribution < -0.4 is 15.4 Å². The summed E-state index contributed by atoms with van der Waals surface area (Å²) >= 11 is 1.04. The largest absolute Gasteiger partial charge is 0.573 e. The SMILES string of the molecule is CC(C)NCC(=O)N1CCCC1C(=O)Nc1nc2ccc(OC(F)(F)F)cc2s1. The summed E-state index contributed by atoms with van der Waals surface area (Å²) in [4.78, 5) is 30.8. The molecule has 1 atom stereocenters. The van der Waals surface area contributed by atoms with Crippen LogP contribution in [0.25, 0.3) is 10.2 Å². The Balaban J connectivity index is 1.68. The summed E-state index contributed by atoms with van der Waals surface area (Å²) in [6.45, 7) is 4.53. The van der Waals surface area contributed by atoms with Gasteiger partial charge in [0.05, 0.1) is 16.8 Å². The Kier molecular flexibility index (Phi) is 6.27. The number of alkyl halides is 3. The summed E-state index contributed by atoms with van der Waals surface area (Å²) < 4.78 is 41.4. The second-order valence-electron chi connectivity index (χ2n) is 6.97. The van der Waals surface area contributed by atoms with Gasteiger partial charge < -0.3 is 20.3 Å². The molecule has 2 aromatic rings. The Bertz CT molecular complexity index is 900. The van der Waals surface area contributed by atoms with Gasteiger partial charge in [-0.25, -0.2) is 4.98 Å². The van der Waals surface area contributed by atoms with E-state index >= 15 is 0 Å². The molecular formula is C18H21F3N4O3S. The quantitative estimate of drug-likeness (QED) is 0.736. The minimum atomic E-state index is -4.78. The van der Waals surface area contributed by atoms with Gasteiger partial charge in [-0.15, -0.1) is 13.2 Å². The smallest absolute Gasteiger partial charge is 0.406 e. The molecule has 1 aliphatic rings. The van der Waals surface area contributed by atoms with Crippen molar-refractivity contribution in [3.63, 3.8) is 0 Å². The van der Waals surface area contributed by atoms with E-state index in [1.165, 1.54) is 18.2 Å². The maximum absolute atomic E-state index is 12.7. The van der Waals surface area contributed by atoms with Crippen molar-refractivity contribution in [2.75, 3.05) is 18.4 Å². The second-order valence-corrected chi connectivity index (χ2v) is 8.00. The first-order valence-electron chi connectivity index (χ1n) is 9.12. The lowest BCUT2D eigenvalue weighted by molar-refractivity contribution is -0.274. The fourth-order valence-corrected chi connectivity index (χ4v) is 3.97. The monoisotopic (exact) mass is 430 g/mol. The number of aromatic nitrogens is 1. The van der Waals surface area contributed by atoms with Gasteiger partial charge in [-0.2, -0.15) is 0 Å². The number of hydrogen-bond acceptors (Lipinski definition) is 6. The molecule has 1 unspecified atom stereocenters. The number of carbonyl (C=O) groups is 2. The van der Waals surface area contributed by atoms with Crippen LogP contribution in [-0.4, -0.2) is 53.2 Å². The summed E-state index contributed by atoms with van der Waals surface area (Å²) in [5, 5.41) is 5.99. The molecule has 1 fully saturated rings. The van der Waals surface area contributed by atoms with E-state index in [1.807, 2.05) is 13.8 Å². The Morgan fingerprint density at radius 3 is 2.83 bits per heavy atom. The van der Waals surface area contributed by atoms with Crippen LogP contribution in [0.15, 0.2) is 18.2 Å². The lowest BCUT2D eigenvalue weighted by Gasteiger charge is -2.24. The van der Waals surface area contributed by atoms with Crippen molar-refractivity contribution in [1.29, 1.82) is 0 Å². The lowest BCUT2D eigenvalue weighted by Crippen LogP contribution is -2.47. The van der Waals surface area contributed by atoms with Crippen molar-refractivity contribution >= 4 is 38.5 Å². The number of ether oxygens (including phenoxy) is 1. The number of rotatable bonds is 6. The maximum atomic E-state index is 12.7. The van der Waals surface area contributed by atoms with Crippen molar-refractivity contribution in [1.82, 2.24) is 15.2 Å². The number of nitrogens with zero attached hydrogens (tertiary/aromatic N) is 2. The number of nitrogens with one attached hydrogen (secondary N) is 2. The molecule has 1 saturated heterocycles. The van der Waals surface area contributed by atoms with Crippen molar-refractivity contribution in [3.05, 3.63) is 18.2 Å². The van der Waals surface area contributed by atoms with Crippen molar-refractivity contribution in [3.8, 4) is 5.75 Å². The van der Waals surface area contributed by atoms with Gasteiger partial charge in [0, 0.05) is 18.7 Å². The third-order valence-electron chi connectivity index (χ3n) is 4.36. The number of benzene rings is 1. The van der Waals surface area contributed by atoms with Crippen LogP contribution in [-0.2, 0) is 9.59 Å². The fourth-order valence-electron chi connectivity index (χ4n) is 3.08. The number of hydrogen-bond donors (Lipinski definition) is 2. The van der Waals surface area contributed by atoms with Crippen LogP contribution >= 0.6 is 11.3 Å². The Hall–Kier alpha value is -2.40. The van der Waals surface area contributed by atoms with E-state index < -0.39 is 12.4 Å². The Morgan fingerprint density at radius 1 is 1.38 bits per heavy atom. The van der Waals surface area contributed by atoms with Crippen LogP contribution in [0.2, 0.25) is 0 Å². The zero-order valence-corrected chi connectivity index (χ0v) is 16.7. The van der Waals surface area contributed by atoms with Crippen LogP contribution in [0.5, 0.6) is 5.75 Å². The second kappa shape index (κ2) is 8.54. The standard InChI is InChI=1S/C18H21F3N4O3S/c1-10(2)22-9-15(26)25-7-3-4-13(25)16(27)24-17-23-12-6-5-11(8-14(12)29-17)28-18(19,20)21/h5-6,8,10,13,22H,3-4,7,9H2,1-2H3,(H,23,24,27). The third-order valence-corrected chi connectivity index (χ3v) is 5.29. The number of fused-ring (bicyclic) bond motifs is 1. The van der Waals surface area contributed by atoms with E-state index in [4.69, 9.17) is 0 Å². The molecule has 2 amide bonds. The van der Waals surface area contributed by atoms with Crippen LogP contribution in [0.3, 0.4) is 0 Å². The van der Waals surface area contributed by atoms with E-state index in [2.05, 4.69) is 20.4 Å². The van der Waals surface area contributed by atoms with Crippen molar-refractivity contribution < 1.29 is 27.5 Å². The molecule has 2 N–H and O–H groups in total. The minimum Gasteiger partial charge on any atom is -0.406 e. The first-order chi connectivity index (χ1) is 13.6. The van der Waals surface area contributed by atoms with Gasteiger partial charge >= 0.3 is 6.36 Å². The van der Waals surface area contributed by atoms with Crippen molar-refractivity contribution in [2.24, 2.45) is 0 Å². The number of thiazole rings is 1. The Labute approximate surface area is 169 Å². The van der Waals surface area contributed by atoms with Gasteiger partial charge in [-0.05, 0) is 25.0 Å². The normalized spacial score (nSPS) is 17.2. The lowest BCUT2D eigenvalue weighted by atomic mass is 10.2. The van der Waals surface area contributed by atoms with Gasteiger partial charge in [0.1, 0.15) is 11.8 Å². The predicted molar refractivity (Wildman–Crippen MR) is 103 cm³/mol. The minimum absolute atomic E-state index is 0.144. The van der Waals surface area contributed by atoms with Gasteiger partial charge in [-0.3, -0.25) is 9.59 Å². The molecule has 158 valence electrons. The number of amides is 2. The zero-order valence-electron chi connectivity index (χ0n) is 15.9. The third kappa shape index (κ3) is 5.57. The molecule has 0 saturated carbocycles. The van der Waals surface area contributed by atoms with E-state index in [0.29, 0.717) is 23.2 Å². The highest BCUT2D eigenvalue weighted by Gasteiger charge is 2.34.